The van der Waals surface area contributed by atoms with E-state index >= 15 is 0 Å². The van der Waals surface area contributed by atoms with E-state index in [-0.39, 0.29) is 0 Å². The van der Waals surface area contributed by atoms with Gasteiger partial charge in [-0.05, 0) is 93.5 Å². The molecule has 3 unspecified atom stereocenters. The van der Waals surface area contributed by atoms with E-state index < -0.39 is 36.7 Å². The summed E-state index contributed by atoms with van der Waals surface area (Å²) in [5, 5.41) is 39.8. The number of unbranched alkanes of at least 4 members (excludes halogenated alkanes) is 2. The molecule has 0 radical (unpaired) electrons. The van der Waals surface area contributed by atoms with Crippen LogP contribution in [0, 0.1) is 0 Å². The first-order valence-electron chi connectivity index (χ1n) is 14.3. The van der Waals surface area contributed by atoms with Gasteiger partial charge in [-0.1, -0.05) is 68.7 Å². The van der Waals surface area contributed by atoms with Crippen molar-refractivity contribution in [2.24, 2.45) is 0 Å². The molecule has 0 aromatic heterocycles. The first-order valence-corrected chi connectivity index (χ1v) is 13.1. The van der Waals surface area contributed by atoms with E-state index in [0.717, 1.165) is 54.4 Å². The first kappa shape index (κ1) is 26.3. The zero-order chi connectivity index (χ0) is 27.6. The molecule has 1 aromatic rings. The molecule has 4 nitrogen and oxygen atoms in total. The van der Waals surface area contributed by atoms with Gasteiger partial charge in [-0.25, -0.2) is 0 Å². The third-order valence-corrected chi connectivity index (χ3v) is 6.56. The van der Waals surface area contributed by atoms with Crippen LogP contribution in [0.3, 0.4) is 0 Å². The number of aryl methyl sites for hydroxylation is 1. The number of aliphatic hydroxyl groups excluding tert-OH is 3. The Morgan fingerprint density at radius 1 is 1.20 bits per heavy atom. The zero-order valence-corrected chi connectivity index (χ0v) is 21.9. The first-order chi connectivity index (χ1) is 17.4. The maximum absolute atomic E-state index is 10.2. The second-order valence-electron chi connectivity index (χ2n) is 10.7. The summed E-state index contributed by atoms with van der Waals surface area (Å²) in [6.07, 6.45) is 8.03. The van der Waals surface area contributed by atoms with Gasteiger partial charge in [-0.15, -0.1) is 0 Å². The van der Waals surface area contributed by atoms with E-state index in [0.29, 0.717) is 37.7 Å². The maximum Gasteiger partial charge on any atom is 0.0811 e. The highest BCUT2D eigenvalue weighted by atomic mass is 16.3. The van der Waals surface area contributed by atoms with Gasteiger partial charge in [0.15, 0.2) is 0 Å². The van der Waals surface area contributed by atoms with Crippen LogP contribution in [0.4, 0.5) is 0 Å². The lowest BCUT2D eigenvalue weighted by molar-refractivity contribution is 0.0681. The molecule has 35 heavy (non-hydrogen) atoms. The SMILES string of the molecule is [2H]C(CCC(C)O)C([2H])Cc1cccc(C(=CC=C2C[C@@H](O)C[C@H](O)C2=C)CCCCCC(C)(C)O)c1. The standard InChI is InChI=1S/C31H48O4/c1-23(32)12-7-5-8-13-25-14-11-16-28(20-25)26(15-9-6-10-19-31(3,4)35)17-18-27-21-29(33)22-30(34)24(27)2/h11,14,16-18,20,23,29-30,32-35H,2,5-10,12-13,15,19,21-22H2,1,3-4H3/t23?,29-,30+/m1/s1/i5D,8D/t5?,8?,23?,29-,30+. The van der Waals surface area contributed by atoms with Crippen LogP contribution in [0.1, 0.15) is 105 Å². The minimum absolute atomic E-state index is 0.318. The Morgan fingerprint density at radius 2 is 1.97 bits per heavy atom. The second-order valence-corrected chi connectivity index (χ2v) is 10.7. The van der Waals surface area contributed by atoms with Crippen LogP contribution in [-0.2, 0) is 6.42 Å². The third kappa shape index (κ3) is 11.7. The lowest BCUT2D eigenvalue weighted by Gasteiger charge is -2.26. The van der Waals surface area contributed by atoms with Crippen LogP contribution in [0.15, 0.2) is 54.1 Å². The molecule has 0 bridgehead atoms. The summed E-state index contributed by atoms with van der Waals surface area (Å²) in [7, 11) is 0. The van der Waals surface area contributed by atoms with Gasteiger partial charge >= 0.3 is 0 Å². The molecule has 0 amide bonds. The fourth-order valence-electron chi connectivity index (χ4n) is 4.40. The smallest absolute Gasteiger partial charge is 0.0811 e. The van der Waals surface area contributed by atoms with Crippen molar-refractivity contribution in [1.82, 2.24) is 0 Å². The largest absolute Gasteiger partial charge is 0.393 e. The summed E-state index contributed by atoms with van der Waals surface area (Å²) < 4.78 is 16.7. The van der Waals surface area contributed by atoms with E-state index in [1.165, 1.54) is 0 Å². The van der Waals surface area contributed by atoms with Crippen molar-refractivity contribution in [2.45, 2.75) is 122 Å². The van der Waals surface area contributed by atoms with Crippen molar-refractivity contribution in [3.63, 3.8) is 0 Å². The molecule has 1 aliphatic rings. The summed E-state index contributed by atoms with van der Waals surface area (Å²) in [5.74, 6) is 0. The monoisotopic (exact) mass is 486 g/mol. The minimum atomic E-state index is -0.724. The van der Waals surface area contributed by atoms with Crippen molar-refractivity contribution >= 4 is 5.57 Å². The molecular weight excluding hydrogens is 436 g/mol. The van der Waals surface area contributed by atoms with Crippen molar-refractivity contribution in [1.29, 1.82) is 0 Å². The van der Waals surface area contributed by atoms with Gasteiger partial charge < -0.3 is 20.4 Å². The Labute approximate surface area is 215 Å². The van der Waals surface area contributed by atoms with Gasteiger partial charge in [0.25, 0.3) is 0 Å². The average molecular weight is 487 g/mol. The van der Waals surface area contributed by atoms with Crippen molar-refractivity contribution in [3.05, 3.63) is 65.3 Å². The Hall–Kier alpha value is -1.72. The van der Waals surface area contributed by atoms with Gasteiger partial charge in [0.2, 0.25) is 0 Å². The Bertz CT molecular complexity index is 916. The minimum Gasteiger partial charge on any atom is -0.393 e. The van der Waals surface area contributed by atoms with E-state index in [2.05, 4.69) is 24.8 Å². The van der Waals surface area contributed by atoms with E-state index in [4.69, 9.17) is 2.74 Å². The van der Waals surface area contributed by atoms with Crippen LogP contribution in [0.2, 0.25) is 0 Å². The highest BCUT2D eigenvalue weighted by molar-refractivity contribution is 5.68. The number of benzene rings is 1. The second kappa shape index (κ2) is 14.7. The molecule has 1 aliphatic carbocycles. The van der Waals surface area contributed by atoms with Crippen molar-refractivity contribution in [2.75, 3.05) is 0 Å². The number of aliphatic hydroxyl groups is 4. The summed E-state index contributed by atoms with van der Waals surface area (Å²) in [5.41, 5.74) is 4.09. The summed E-state index contributed by atoms with van der Waals surface area (Å²) in [4.78, 5) is 0. The highest BCUT2D eigenvalue weighted by Crippen LogP contribution is 2.30. The fraction of sp³-hybridized carbons (Fsp3) is 0.613. The lowest BCUT2D eigenvalue weighted by Crippen LogP contribution is -2.26. The van der Waals surface area contributed by atoms with Crippen LogP contribution < -0.4 is 0 Å². The Morgan fingerprint density at radius 3 is 2.69 bits per heavy atom. The van der Waals surface area contributed by atoms with Gasteiger partial charge in [-0.2, -0.15) is 0 Å². The molecule has 0 spiro atoms. The van der Waals surface area contributed by atoms with Crippen molar-refractivity contribution < 1.29 is 23.2 Å². The van der Waals surface area contributed by atoms with E-state index in [1.54, 1.807) is 6.92 Å². The lowest BCUT2D eigenvalue weighted by atomic mass is 9.85. The number of rotatable bonds is 14. The van der Waals surface area contributed by atoms with Crippen molar-refractivity contribution in [3.8, 4) is 0 Å². The molecule has 0 heterocycles. The van der Waals surface area contributed by atoms with Crippen LogP contribution in [-0.4, -0.2) is 44.3 Å². The topological polar surface area (TPSA) is 80.9 Å². The Balaban J connectivity index is 2.20. The number of hydrogen-bond acceptors (Lipinski definition) is 4. The highest BCUT2D eigenvalue weighted by Gasteiger charge is 2.24. The van der Waals surface area contributed by atoms with Crippen LogP contribution in [0.5, 0.6) is 0 Å². The van der Waals surface area contributed by atoms with Crippen LogP contribution in [0.25, 0.3) is 5.57 Å². The summed E-state index contributed by atoms with van der Waals surface area (Å²) >= 11 is 0. The van der Waals surface area contributed by atoms with Crippen LogP contribution >= 0.6 is 0 Å². The summed E-state index contributed by atoms with van der Waals surface area (Å²) in [6.45, 7) is 9.41. The third-order valence-electron chi connectivity index (χ3n) is 6.56. The predicted octanol–water partition coefficient (Wildman–Crippen LogP) is 6.27. The molecule has 4 heteroatoms. The quantitative estimate of drug-likeness (QED) is 0.234. The predicted molar refractivity (Wildman–Crippen MR) is 146 cm³/mol. The molecule has 5 atom stereocenters. The Kier molecular flexibility index (Phi) is 11.1. The summed E-state index contributed by atoms with van der Waals surface area (Å²) in [6, 6.07) is 8.16. The molecule has 1 saturated carbocycles. The number of allylic oxidation sites excluding steroid dienone is 3. The molecule has 1 fully saturated rings. The molecule has 4 N–H and O–H groups in total. The number of hydrogen-bond donors (Lipinski definition) is 4. The molecule has 1 aromatic carbocycles. The van der Waals surface area contributed by atoms with Gasteiger partial charge in [-0.3, -0.25) is 0 Å². The maximum atomic E-state index is 10.2. The van der Waals surface area contributed by atoms with E-state index in [1.807, 2.05) is 32.1 Å². The van der Waals surface area contributed by atoms with Gasteiger partial charge in [0.05, 0.1) is 23.9 Å². The average Bonchev–Trinajstić information content (AvgIpc) is 2.81. The van der Waals surface area contributed by atoms with Gasteiger partial charge in [0.1, 0.15) is 0 Å². The fourth-order valence-corrected chi connectivity index (χ4v) is 4.40. The molecule has 196 valence electrons. The normalized spacial score (nSPS) is 24.1. The molecule has 0 saturated heterocycles. The molecule has 0 aliphatic heterocycles. The van der Waals surface area contributed by atoms with E-state index in [9.17, 15) is 20.4 Å². The van der Waals surface area contributed by atoms with Gasteiger partial charge in [0, 0.05) is 9.16 Å². The molecule has 2 rings (SSSR count). The zero-order valence-electron chi connectivity index (χ0n) is 23.9. The molecular formula is C31H48O4.